The van der Waals surface area contributed by atoms with Crippen LogP contribution in [0.2, 0.25) is 0 Å². The number of benzene rings is 1. The number of aromatic nitrogens is 2. The molecule has 0 bridgehead atoms. The maximum Gasteiger partial charge on any atom is 0.231 e. The van der Waals surface area contributed by atoms with Crippen molar-refractivity contribution in [1.29, 1.82) is 0 Å². The Kier molecular flexibility index (Phi) is 3.69. The van der Waals surface area contributed by atoms with Gasteiger partial charge in [0.25, 0.3) is 0 Å². The summed E-state index contributed by atoms with van der Waals surface area (Å²) in [6, 6.07) is 8.16. The van der Waals surface area contributed by atoms with Crippen molar-refractivity contribution in [1.82, 2.24) is 15.5 Å². The molecule has 2 atom stereocenters. The third-order valence-corrected chi connectivity index (χ3v) is 3.69. The molecule has 1 aliphatic rings. The molecule has 3 rings (SSSR count). The summed E-state index contributed by atoms with van der Waals surface area (Å²) < 4.78 is 10.9. The predicted molar refractivity (Wildman–Crippen MR) is 75.7 cm³/mol. The van der Waals surface area contributed by atoms with E-state index >= 15 is 0 Å². The number of rotatable bonds is 4. The molecule has 5 heteroatoms. The van der Waals surface area contributed by atoms with Crippen LogP contribution < -0.4 is 10.1 Å². The smallest absolute Gasteiger partial charge is 0.231 e. The van der Waals surface area contributed by atoms with Gasteiger partial charge in [-0.2, -0.15) is 4.98 Å². The first-order valence-corrected chi connectivity index (χ1v) is 7.08. The lowest BCUT2D eigenvalue weighted by Crippen LogP contribution is -2.21. The molecule has 0 aliphatic carbocycles. The maximum atomic E-state index is 5.50. The van der Waals surface area contributed by atoms with Crippen LogP contribution in [-0.2, 0) is 0 Å². The third kappa shape index (κ3) is 2.54. The fourth-order valence-electron chi connectivity index (χ4n) is 2.59. The molecule has 1 fully saturated rings. The van der Waals surface area contributed by atoms with Crippen LogP contribution in [0.4, 0.5) is 0 Å². The van der Waals surface area contributed by atoms with Gasteiger partial charge in [0.15, 0.2) is 0 Å². The van der Waals surface area contributed by atoms with Crippen LogP contribution in [0.3, 0.4) is 0 Å². The minimum absolute atomic E-state index is 0.311. The highest BCUT2D eigenvalue weighted by atomic mass is 16.5. The third-order valence-electron chi connectivity index (χ3n) is 3.69. The maximum absolute atomic E-state index is 5.50. The van der Waals surface area contributed by atoms with Crippen molar-refractivity contribution in [2.75, 3.05) is 13.2 Å². The van der Waals surface area contributed by atoms with E-state index in [4.69, 9.17) is 9.26 Å². The van der Waals surface area contributed by atoms with Gasteiger partial charge in [0.05, 0.1) is 12.5 Å². The standard InChI is InChI=1S/C15H19N3O2/c1-3-19-12-6-4-5-11(9-12)14-17-15(20-18-14)13-7-8-16-10(13)2/h4-6,9-10,13,16H,3,7-8H2,1-2H3. The van der Waals surface area contributed by atoms with Crippen molar-refractivity contribution in [3.05, 3.63) is 30.2 Å². The molecule has 0 spiro atoms. The Bertz CT molecular complexity index is 582. The first-order chi connectivity index (χ1) is 9.78. The Labute approximate surface area is 118 Å². The molecule has 0 saturated carbocycles. The molecule has 1 aliphatic heterocycles. The molecule has 2 heterocycles. The summed E-state index contributed by atoms with van der Waals surface area (Å²) in [5.74, 6) is 2.48. The van der Waals surface area contributed by atoms with Crippen molar-refractivity contribution in [2.24, 2.45) is 0 Å². The fourth-order valence-corrected chi connectivity index (χ4v) is 2.59. The summed E-state index contributed by atoms with van der Waals surface area (Å²) >= 11 is 0. The monoisotopic (exact) mass is 273 g/mol. The molecule has 2 unspecified atom stereocenters. The molecule has 1 aromatic carbocycles. The number of hydrogen-bond donors (Lipinski definition) is 1. The summed E-state index contributed by atoms with van der Waals surface area (Å²) in [7, 11) is 0. The highest BCUT2D eigenvalue weighted by molar-refractivity contribution is 5.56. The van der Waals surface area contributed by atoms with Gasteiger partial charge in [-0.25, -0.2) is 0 Å². The van der Waals surface area contributed by atoms with Crippen LogP contribution in [0.15, 0.2) is 28.8 Å². The second kappa shape index (κ2) is 5.63. The van der Waals surface area contributed by atoms with Crippen LogP contribution in [0.25, 0.3) is 11.4 Å². The van der Waals surface area contributed by atoms with E-state index in [0.29, 0.717) is 24.4 Å². The van der Waals surface area contributed by atoms with Crippen LogP contribution in [-0.4, -0.2) is 29.3 Å². The summed E-state index contributed by atoms with van der Waals surface area (Å²) in [5, 5.41) is 7.49. The second-order valence-corrected chi connectivity index (χ2v) is 5.06. The van der Waals surface area contributed by atoms with Crippen LogP contribution in [0.1, 0.15) is 32.1 Å². The van der Waals surface area contributed by atoms with Crippen molar-refractivity contribution in [3.8, 4) is 17.1 Å². The van der Waals surface area contributed by atoms with Crippen LogP contribution in [0, 0.1) is 0 Å². The summed E-state index contributed by atoms with van der Waals surface area (Å²) in [5.41, 5.74) is 0.921. The van der Waals surface area contributed by atoms with Gasteiger partial charge in [-0.15, -0.1) is 0 Å². The average Bonchev–Trinajstić information content (AvgIpc) is 3.08. The van der Waals surface area contributed by atoms with E-state index in [9.17, 15) is 0 Å². The van der Waals surface area contributed by atoms with Gasteiger partial charge in [0.1, 0.15) is 5.75 Å². The van der Waals surface area contributed by atoms with E-state index in [2.05, 4.69) is 22.4 Å². The molecular formula is C15H19N3O2. The van der Waals surface area contributed by atoms with Crippen LogP contribution in [0.5, 0.6) is 5.75 Å². The molecule has 2 aromatic rings. The average molecular weight is 273 g/mol. The van der Waals surface area contributed by atoms with E-state index < -0.39 is 0 Å². The number of hydrogen-bond acceptors (Lipinski definition) is 5. The minimum atomic E-state index is 0.311. The summed E-state index contributed by atoms with van der Waals surface area (Å²) in [4.78, 5) is 4.54. The Morgan fingerprint density at radius 1 is 1.45 bits per heavy atom. The molecule has 1 saturated heterocycles. The zero-order valence-electron chi connectivity index (χ0n) is 11.8. The lowest BCUT2D eigenvalue weighted by molar-refractivity contribution is 0.340. The molecule has 106 valence electrons. The molecule has 5 nitrogen and oxygen atoms in total. The van der Waals surface area contributed by atoms with E-state index in [-0.39, 0.29) is 0 Å². The topological polar surface area (TPSA) is 60.2 Å². The van der Waals surface area contributed by atoms with Gasteiger partial charge >= 0.3 is 0 Å². The normalized spacial score (nSPS) is 22.1. The van der Waals surface area contributed by atoms with Crippen molar-refractivity contribution in [2.45, 2.75) is 32.2 Å². The molecular weight excluding hydrogens is 254 g/mol. The SMILES string of the molecule is CCOc1cccc(-c2noc(C3CCNC3C)n2)c1. The quantitative estimate of drug-likeness (QED) is 0.927. The highest BCUT2D eigenvalue weighted by Gasteiger charge is 2.29. The van der Waals surface area contributed by atoms with Gasteiger partial charge in [-0.1, -0.05) is 17.3 Å². The zero-order chi connectivity index (χ0) is 13.9. The van der Waals surface area contributed by atoms with Crippen molar-refractivity contribution < 1.29 is 9.26 Å². The summed E-state index contributed by atoms with van der Waals surface area (Å²) in [6.07, 6.45) is 1.04. The fraction of sp³-hybridized carbons (Fsp3) is 0.467. The molecule has 1 N–H and O–H groups in total. The van der Waals surface area contributed by atoms with Gasteiger partial charge in [-0.3, -0.25) is 0 Å². The largest absolute Gasteiger partial charge is 0.494 e. The first kappa shape index (κ1) is 13.1. The Balaban J connectivity index is 1.84. The van der Waals surface area contributed by atoms with Gasteiger partial charge in [0.2, 0.25) is 11.7 Å². The van der Waals surface area contributed by atoms with Gasteiger partial charge in [-0.05, 0) is 38.9 Å². The number of nitrogens with zero attached hydrogens (tertiary/aromatic N) is 2. The predicted octanol–water partition coefficient (Wildman–Crippen LogP) is 2.60. The van der Waals surface area contributed by atoms with E-state index in [1.54, 1.807) is 0 Å². The van der Waals surface area contributed by atoms with Gasteiger partial charge in [0, 0.05) is 11.6 Å². The summed E-state index contributed by atoms with van der Waals surface area (Å²) in [6.45, 7) is 5.76. The van der Waals surface area contributed by atoms with Crippen molar-refractivity contribution in [3.63, 3.8) is 0 Å². The molecule has 0 amide bonds. The first-order valence-electron chi connectivity index (χ1n) is 7.08. The number of ether oxygens (including phenoxy) is 1. The van der Waals surface area contributed by atoms with Gasteiger partial charge < -0.3 is 14.6 Å². The van der Waals surface area contributed by atoms with Crippen molar-refractivity contribution >= 4 is 0 Å². The van der Waals surface area contributed by atoms with E-state index in [0.717, 1.165) is 30.2 Å². The zero-order valence-corrected chi connectivity index (χ0v) is 11.8. The van der Waals surface area contributed by atoms with E-state index in [1.165, 1.54) is 0 Å². The van der Waals surface area contributed by atoms with E-state index in [1.807, 2.05) is 31.2 Å². The lowest BCUT2D eigenvalue weighted by Gasteiger charge is -2.08. The Morgan fingerprint density at radius 3 is 3.10 bits per heavy atom. The molecule has 20 heavy (non-hydrogen) atoms. The molecule has 1 aromatic heterocycles. The highest BCUT2D eigenvalue weighted by Crippen LogP contribution is 2.28. The second-order valence-electron chi connectivity index (χ2n) is 5.06. The minimum Gasteiger partial charge on any atom is -0.494 e. The number of nitrogens with one attached hydrogen (secondary N) is 1. The lowest BCUT2D eigenvalue weighted by atomic mass is 10.0. The molecule has 0 radical (unpaired) electrons. The Morgan fingerprint density at radius 2 is 2.35 bits per heavy atom. The Hall–Kier alpha value is -1.88. The van der Waals surface area contributed by atoms with Crippen LogP contribution >= 0.6 is 0 Å².